The van der Waals surface area contributed by atoms with E-state index in [0.717, 1.165) is 11.3 Å². The third kappa shape index (κ3) is 3.96. The summed E-state index contributed by atoms with van der Waals surface area (Å²) in [6.45, 7) is 1.72. The number of nitrogens with one attached hydrogen (secondary N) is 1. The first-order valence-corrected chi connectivity index (χ1v) is 8.14. The van der Waals surface area contributed by atoms with Crippen molar-refractivity contribution in [1.82, 2.24) is 4.98 Å². The van der Waals surface area contributed by atoms with Gasteiger partial charge in [0.25, 0.3) is 5.91 Å². The van der Waals surface area contributed by atoms with E-state index in [1.165, 1.54) is 11.3 Å². The Kier molecular flexibility index (Phi) is 4.68. The van der Waals surface area contributed by atoms with Crippen molar-refractivity contribution in [3.8, 4) is 17.0 Å². The second kappa shape index (κ2) is 7.07. The molecule has 4 nitrogen and oxygen atoms in total. The van der Waals surface area contributed by atoms with Crippen LogP contribution in [0, 0.1) is 0 Å². The molecule has 5 heteroatoms. The minimum atomic E-state index is -0.596. The van der Waals surface area contributed by atoms with Crippen LogP contribution in [0.4, 0.5) is 5.13 Å². The maximum atomic E-state index is 12.2. The molecule has 3 rings (SSSR count). The van der Waals surface area contributed by atoms with Crippen molar-refractivity contribution < 1.29 is 9.53 Å². The lowest BCUT2D eigenvalue weighted by Gasteiger charge is -2.13. The molecule has 0 radical (unpaired) electrons. The second-order valence-electron chi connectivity index (χ2n) is 4.97. The molecule has 3 aromatic rings. The Bertz CT molecular complexity index is 772. The molecule has 0 spiro atoms. The Morgan fingerprint density at radius 2 is 1.74 bits per heavy atom. The van der Waals surface area contributed by atoms with Crippen molar-refractivity contribution in [3.63, 3.8) is 0 Å². The molecule has 0 aliphatic heterocycles. The van der Waals surface area contributed by atoms with Gasteiger partial charge in [0.05, 0.1) is 5.69 Å². The summed E-state index contributed by atoms with van der Waals surface area (Å²) < 4.78 is 5.60. The van der Waals surface area contributed by atoms with Gasteiger partial charge in [-0.15, -0.1) is 11.3 Å². The zero-order valence-corrected chi connectivity index (χ0v) is 13.4. The van der Waals surface area contributed by atoms with Crippen molar-refractivity contribution in [2.24, 2.45) is 0 Å². The average molecular weight is 324 g/mol. The minimum Gasteiger partial charge on any atom is -0.481 e. The predicted molar refractivity (Wildman–Crippen MR) is 92.7 cm³/mol. The van der Waals surface area contributed by atoms with Gasteiger partial charge < -0.3 is 4.74 Å². The second-order valence-corrected chi connectivity index (χ2v) is 5.82. The predicted octanol–water partition coefficient (Wildman–Crippen LogP) is 4.22. The van der Waals surface area contributed by atoms with Gasteiger partial charge in [0.15, 0.2) is 11.2 Å². The van der Waals surface area contributed by atoms with Crippen molar-refractivity contribution >= 4 is 22.4 Å². The molecule has 23 heavy (non-hydrogen) atoms. The van der Waals surface area contributed by atoms with Gasteiger partial charge in [0.1, 0.15) is 5.75 Å². The van der Waals surface area contributed by atoms with E-state index in [2.05, 4.69) is 10.3 Å². The summed E-state index contributed by atoms with van der Waals surface area (Å²) in [5.41, 5.74) is 1.88. The molecule has 0 bridgehead atoms. The number of anilines is 1. The Hall–Kier alpha value is -2.66. The molecule has 0 fully saturated rings. The maximum absolute atomic E-state index is 12.2. The number of carbonyl (C=O) groups excluding carboxylic acids is 1. The molecule has 1 N–H and O–H groups in total. The molecule has 0 aliphatic carbocycles. The van der Waals surface area contributed by atoms with Gasteiger partial charge in [-0.1, -0.05) is 48.5 Å². The molecule has 1 atom stereocenters. The van der Waals surface area contributed by atoms with E-state index in [1.807, 2.05) is 66.0 Å². The van der Waals surface area contributed by atoms with Crippen LogP contribution >= 0.6 is 11.3 Å². The number of ether oxygens (including phenoxy) is 1. The van der Waals surface area contributed by atoms with Crippen molar-refractivity contribution in [2.75, 3.05) is 5.32 Å². The van der Waals surface area contributed by atoms with Gasteiger partial charge in [0, 0.05) is 10.9 Å². The third-order valence-corrected chi connectivity index (χ3v) is 3.99. The lowest BCUT2D eigenvalue weighted by molar-refractivity contribution is -0.122. The summed E-state index contributed by atoms with van der Waals surface area (Å²) in [6, 6.07) is 19.1. The van der Waals surface area contributed by atoms with Crippen LogP contribution in [0.5, 0.6) is 5.75 Å². The van der Waals surface area contributed by atoms with Gasteiger partial charge in [-0.25, -0.2) is 4.98 Å². The van der Waals surface area contributed by atoms with Crippen LogP contribution in [-0.4, -0.2) is 17.0 Å². The van der Waals surface area contributed by atoms with E-state index >= 15 is 0 Å². The highest BCUT2D eigenvalue weighted by molar-refractivity contribution is 7.14. The standard InChI is InChI=1S/C18H16N2O2S/c1-13(22-15-10-6-3-7-11-15)17(21)20-18-19-16(12-23-18)14-8-4-2-5-9-14/h2-13H,1H3,(H,19,20,21)/t13-/m0/s1. The largest absolute Gasteiger partial charge is 0.481 e. The maximum Gasteiger partial charge on any atom is 0.266 e. The van der Waals surface area contributed by atoms with Crippen LogP contribution in [-0.2, 0) is 4.79 Å². The molecule has 1 amide bonds. The van der Waals surface area contributed by atoms with E-state index in [-0.39, 0.29) is 5.91 Å². The zero-order chi connectivity index (χ0) is 16.1. The minimum absolute atomic E-state index is 0.220. The summed E-state index contributed by atoms with van der Waals surface area (Å²) in [6.07, 6.45) is -0.596. The number of amides is 1. The lowest BCUT2D eigenvalue weighted by Crippen LogP contribution is -2.30. The lowest BCUT2D eigenvalue weighted by atomic mass is 10.2. The van der Waals surface area contributed by atoms with Gasteiger partial charge >= 0.3 is 0 Å². The van der Waals surface area contributed by atoms with Gasteiger partial charge in [-0.05, 0) is 19.1 Å². The Labute approximate surface area is 138 Å². The van der Waals surface area contributed by atoms with E-state index in [9.17, 15) is 4.79 Å². The van der Waals surface area contributed by atoms with Crippen molar-refractivity contribution in [2.45, 2.75) is 13.0 Å². The fourth-order valence-electron chi connectivity index (χ4n) is 2.04. The van der Waals surface area contributed by atoms with E-state index < -0.39 is 6.10 Å². The molecular formula is C18H16N2O2S. The van der Waals surface area contributed by atoms with E-state index in [4.69, 9.17) is 4.74 Å². The van der Waals surface area contributed by atoms with Crippen LogP contribution in [0.25, 0.3) is 11.3 Å². The smallest absolute Gasteiger partial charge is 0.266 e. The third-order valence-electron chi connectivity index (χ3n) is 3.23. The summed E-state index contributed by atoms with van der Waals surface area (Å²) in [4.78, 5) is 16.6. The van der Waals surface area contributed by atoms with E-state index in [0.29, 0.717) is 10.9 Å². The normalized spacial score (nSPS) is 11.7. The fraction of sp³-hybridized carbons (Fsp3) is 0.111. The Morgan fingerprint density at radius 3 is 2.43 bits per heavy atom. The summed E-state index contributed by atoms with van der Waals surface area (Å²) in [7, 11) is 0. The number of hydrogen-bond donors (Lipinski definition) is 1. The van der Waals surface area contributed by atoms with Crippen LogP contribution in [0.15, 0.2) is 66.0 Å². The van der Waals surface area contributed by atoms with Crippen LogP contribution in [0.1, 0.15) is 6.92 Å². The molecule has 0 saturated carbocycles. The average Bonchev–Trinajstić information content (AvgIpc) is 3.05. The SMILES string of the molecule is C[C@H](Oc1ccccc1)C(=O)Nc1nc(-c2ccccc2)cs1. The van der Waals surface area contributed by atoms with Gasteiger partial charge in [0.2, 0.25) is 0 Å². The highest BCUT2D eigenvalue weighted by atomic mass is 32.1. The summed E-state index contributed by atoms with van der Waals surface area (Å²) in [5.74, 6) is 0.446. The first-order valence-electron chi connectivity index (χ1n) is 7.26. The highest BCUT2D eigenvalue weighted by Crippen LogP contribution is 2.24. The van der Waals surface area contributed by atoms with Crippen LogP contribution in [0.2, 0.25) is 0 Å². The molecule has 116 valence electrons. The molecule has 2 aromatic carbocycles. The number of carbonyl (C=O) groups is 1. The first-order chi connectivity index (χ1) is 11.2. The van der Waals surface area contributed by atoms with Crippen LogP contribution < -0.4 is 10.1 Å². The van der Waals surface area contributed by atoms with Gasteiger partial charge in [-0.2, -0.15) is 0 Å². The summed E-state index contributed by atoms with van der Waals surface area (Å²) >= 11 is 1.40. The Balaban J connectivity index is 1.63. The number of para-hydroxylation sites is 1. The molecule has 0 saturated heterocycles. The highest BCUT2D eigenvalue weighted by Gasteiger charge is 2.16. The quantitative estimate of drug-likeness (QED) is 0.764. The number of benzene rings is 2. The van der Waals surface area contributed by atoms with Gasteiger partial charge in [-0.3, -0.25) is 10.1 Å². The molecule has 0 aliphatic rings. The first kappa shape index (κ1) is 15.2. The molecular weight excluding hydrogens is 308 g/mol. The molecule has 1 heterocycles. The molecule has 1 aromatic heterocycles. The van der Waals surface area contributed by atoms with E-state index in [1.54, 1.807) is 6.92 Å². The number of nitrogens with zero attached hydrogens (tertiary/aromatic N) is 1. The Morgan fingerprint density at radius 1 is 1.09 bits per heavy atom. The number of rotatable bonds is 5. The number of aromatic nitrogens is 1. The number of thiazole rings is 1. The fourth-order valence-corrected chi connectivity index (χ4v) is 2.76. The summed E-state index contributed by atoms with van der Waals surface area (Å²) in [5, 5.41) is 5.29. The number of hydrogen-bond acceptors (Lipinski definition) is 4. The molecule has 0 unspecified atom stereocenters. The van der Waals surface area contributed by atoms with Crippen LogP contribution in [0.3, 0.4) is 0 Å². The zero-order valence-electron chi connectivity index (χ0n) is 12.6. The monoisotopic (exact) mass is 324 g/mol. The topological polar surface area (TPSA) is 51.2 Å². The van der Waals surface area contributed by atoms with Crippen molar-refractivity contribution in [3.05, 3.63) is 66.0 Å². The van der Waals surface area contributed by atoms with Crippen molar-refractivity contribution in [1.29, 1.82) is 0 Å².